The molecule has 0 atom stereocenters. The van der Waals surface area contributed by atoms with Crippen molar-refractivity contribution in [3.05, 3.63) is 28.5 Å². The molecule has 0 fully saturated rings. The summed E-state index contributed by atoms with van der Waals surface area (Å²) < 4.78 is 14.0. The first-order valence-corrected chi connectivity index (χ1v) is 6.56. The van der Waals surface area contributed by atoms with Gasteiger partial charge in [-0.3, -0.25) is 0 Å². The molecule has 0 saturated heterocycles. The number of halogens is 2. The molecule has 0 aromatic heterocycles. The predicted molar refractivity (Wildman–Crippen MR) is 78.7 cm³/mol. The molecule has 1 aromatic rings. The minimum absolute atomic E-state index is 0. The Morgan fingerprint density at radius 3 is 2.72 bits per heavy atom. The summed E-state index contributed by atoms with van der Waals surface area (Å²) in [6, 6.07) is 3.72. The molecular formula is C11H11BeClFNOS2. The summed E-state index contributed by atoms with van der Waals surface area (Å²) in [6.07, 6.45) is 0. The smallest absolute Gasteiger partial charge is 0.853 e. The van der Waals surface area contributed by atoms with Gasteiger partial charge >= 0.3 is 10.1 Å². The number of hydrogen-bond acceptors (Lipinski definition) is 3. The van der Waals surface area contributed by atoms with Crippen LogP contribution in [0.25, 0.3) is 0 Å². The van der Waals surface area contributed by atoms with Crippen LogP contribution in [0.15, 0.2) is 6.07 Å². The Morgan fingerprint density at radius 1 is 1.67 bits per heavy atom. The van der Waals surface area contributed by atoms with Gasteiger partial charge in [-0.2, -0.15) is 5.56 Å². The Balaban J connectivity index is 0.00000289. The fraction of sp³-hybridized carbons (Fsp3) is 0.364. The van der Waals surface area contributed by atoms with E-state index in [0.29, 0.717) is 9.57 Å². The number of anilines is 1. The molecule has 0 unspecified atom stereocenters. The maximum Gasteiger partial charge on any atom is 2.00 e. The number of thioether (sulfide) groups is 1. The summed E-state index contributed by atoms with van der Waals surface area (Å²) in [6.45, 7) is 3.40. The van der Waals surface area contributed by atoms with E-state index in [1.165, 1.54) is 17.8 Å². The second-order valence-electron chi connectivity index (χ2n) is 3.55. The number of nitrogens with one attached hydrogen (secondary N) is 1. The zero-order valence-corrected chi connectivity index (χ0v) is 12.4. The second kappa shape index (κ2) is 8.07. The first kappa shape index (κ1) is 17.8. The molecule has 2 nitrogen and oxygen atoms in total. The third-order valence-corrected chi connectivity index (χ3v) is 3.23. The first-order valence-electron chi connectivity index (χ1n) is 4.90. The van der Waals surface area contributed by atoms with Gasteiger partial charge in [0.2, 0.25) is 0 Å². The van der Waals surface area contributed by atoms with Crippen molar-refractivity contribution < 1.29 is 9.50 Å². The van der Waals surface area contributed by atoms with Gasteiger partial charge in [0.15, 0.2) is 0 Å². The fourth-order valence-electron chi connectivity index (χ4n) is 1.11. The zero-order chi connectivity index (χ0) is 13.0. The molecule has 0 aliphatic carbocycles. The minimum Gasteiger partial charge on any atom is -0.853 e. The van der Waals surface area contributed by atoms with E-state index in [1.54, 1.807) is 0 Å². The van der Waals surface area contributed by atoms with E-state index in [2.05, 4.69) is 11.4 Å². The normalized spacial score (nSPS) is 10.1. The van der Waals surface area contributed by atoms with Crippen LogP contribution >= 0.6 is 35.6 Å². The topological polar surface area (TPSA) is 35.1 Å². The average molecular weight is 301 g/mol. The van der Waals surface area contributed by atoms with Gasteiger partial charge in [-0.05, 0) is 10.7 Å². The predicted octanol–water partition coefficient (Wildman–Crippen LogP) is 2.60. The first-order chi connectivity index (χ1) is 7.93. The van der Waals surface area contributed by atoms with Gasteiger partial charge in [0.25, 0.3) is 0 Å². The Bertz CT molecular complexity index is 408. The van der Waals surface area contributed by atoms with Gasteiger partial charge in [-0.25, -0.2) is 4.39 Å². The summed E-state index contributed by atoms with van der Waals surface area (Å²) in [5.41, 5.74) is 0.266. The van der Waals surface area contributed by atoms with Crippen LogP contribution in [0, 0.1) is 11.9 Å². The maximum atomic E-state index is 13.6. The molecular weight excluding hydrogens is 290 g/mol. The molecule has 1 aromatic carbocycles. The van der Waals surface area contributed by atoms with Crippen molar-refractivity contribution in [2.24, 2.45) is 0 Å². The van der Waals surface area contributed by atoms with Crippen LogP contribution in [-0.4, -0.2) is 19.7 Å². The molecule has 1 rings (SSSR count). The monoisotopic (exact) mass is 300 g/mol. The summed E-state index contributed by atoms with van der Waals surface area (Å²) in [4.78, 5) is 0. The Morgan fingerprint density at radius 2 is 2.28 bits per heavy atom. The van der Waals surface area contributed by atoms with Crippen LogP contribution < -0.4 is 10.4 Å². The van der Waals surface area contributed by atoms with E-state index >= 15 is 0 Å². The van der Waals surface area contributed by atoms with Crippen LogP contribution in [0.3, 0.4) is 0 Å². The third kappa shape index (κ3) is 5.20. The van der Waals surface area contributed by atoms with Gasteiger partial charge in [0.1, 0.15) is 4.32 Å². The molecule has 0 aliphatic heterocycles. The van der Waals surface area contributed by atoms with Crippen molar-refractivity contribution in [3.63, 3.8) is 0 Å². The standard InChI is InChI=1S/C11H11ClFNOS2.Be/c1-6(2)17-11(16)14-10-8(12)3-7(5-15)4-9(10)13;/h3,6H,5H2,1-2H3,(H,14,16);/q-2;+2. The van der Waals surface area contributed by atoms with Crippen LogP contribution in [0.2, 0.25) is 5.02 Å². The van der Waals surface area contributed by atoms with Gasteiger partial charge in [0, 0.05) is 11.1 Å². The molecule has 0 spiro atoms. The largest absolute Gasteiger partial charge is 2.00 e. The molecule has 1 N–H and O–H groups in total. The van der Waals surface area contributed by atoms with E-state index in [0.717, 1.165) is 0 Å². The molecule has 0 radical (unpaired) electrons. The van der Waals surface area contributed by atoms with Crippen molar-refractivity contribution in [1.29, 1.82) is 0 Å². The molecule has 18 heavy (non-hydrogen) atoms. The molecule has 0 heterocycles. The van der Waals surface area contributed by atoms with Crippen molar-refractivity contribution in [2.75, 3.05) is 5.32 Å². The van der Waals surface area contributed by atoms with Gasteiger partial charge in [-0.15, -0.1) is 30.3 Å². The van der Waals surface area contributed by atoms with E-state index in [9.17, 15) is 9.50 Å². The zero-order valence-electron chi connectivity index (χ0n) is 10.0. The maximum absolute atomic E-state index is 13.6. The molecule has 7 heteroatoms. The molecule has 94 valence electrons. The number of hydrogen-bond donors (Lipinski definition) is 1. The molecule has 0 saturated carbocycles. The molecule has 0 bridgehead atoms. The van der Waals surface area contributed by atoms with Crippen LogP contribution in [-0.2, 0) is 6.61 Å². The Kier molecular flexibility index (Phi) is 7.99. The fourth-order valence-corrected chi connectivity index (χ4v) is 2.64. The number of benzene rings is 1. The van der Waals surface area contributed by atoms with Gasteiger partial charge < -0.3 is 10.4 Å². The van der Waals surface area contributed by atoms with Crippen molar-refractivity contribution in [1.82, 2.24) is 0 Å². The van der Waals surface area contributed by atoms with E-state index in [4.69, 9.17) is 23.8 Å². The summed E-state index contributed by atoms with van der Waals surface area (Å²) >= 11 is 12.3. The van der Waals surface area contributed by atoms with E-state index < -0.39 is 12.4 Å². The van der Waals surface area contributed by atoms with Crippen LogP contribution in [0.5, 0.6) is 0 Å². The van der Waals surface area contributed by atoms with Crippen LogP contribution in [0.4, 0.5) is 10.1 Å². The molecule has 0 amide bonds. The van der Waals surface area contributed by atoms with E-state index in [1.807, 2.05) is 13.8 Å². The Hall–Kier alpha value is -0.191. The summed E-state index contributed by atoms with van der Waals surface area (Å²) in [5.74, 6) is -0.685. The second-order valence-corrected chi connectivity index (χ2v) is 6.22. The number of thiocarbonyl (C=S) groups is 1. The SMILES string of the molecule is CC(C)SC(=S)Nc1c(F)[c-]c(C[O-])cc1Cl.[Be+2]. The minimum atomic E-state index is -0.685. The number of rotatable bonds is 3. The van der Waals surface area contributed by atoms with Crippen molar-refractivity contribution >= 4 is 55.7 Å². The Labute approximate surface area is 125 Å². The van der Waals surface area contributed by atoms with Crippen LogP contribution in [0.1, 0.15) is 19.4 Å². The quantitative estimate of drug-likeness (QED) is 0.529. The van der Waals surface area contributed by atoms with Crippen molar-refractivity contribution in [2.45, 2.75) is 25.7 Å². The summed E-state index contributed by atoms with van der Waals surface area (Å²) in [7, 11) is 0. The van der Waals surface area contributed by atoms with Gasteiger partial charge in [0.05, 0.1) is 0 Å². The molecule has 0 aliphatic rings. The third-order valence-electron chi connectivity index (χ3n) is 1.75. The average Bonchev–Trinajstić information content (AvgIpc) is 2.22. The van der Waals surface area contributed by atoms with Gasteiger partial charge in [-0.1, -0.05) is 37.8 Å². The van der Waals surface area contributed by atoms with Crippen molar-refractivity contribution in [3.8, 4) is 0 Å². The van der Waals surface area contributed by atoms with E-state index in [-0.39, 0.29) is 26.4 Å². The summed E-state index contributed by atoms with van der Waals surface area (Å²) in [5, 5.41) is 13.8.